The molecule has 0 N–H and O–H groups in total. The van der Waals surface area contributed by atoms with E-state index >= 15 is 0 Å². The van der Waals surface area contributed by atoms with E-state index in [4.69, 9.17) is 0 Å². The zero-order valence-corrected chi connectivity index (χ0v) is 10.2. The normalized spacial score (nSPS) is 13.5. The van der Waals surface area contributed by atoms with Crippen LogP contribution in [0.3, 0.4) is 0 Å². The van der Waals surface area contributed by atoms with E-state index in [0.29, 0.717) is 19.3 Å². The van der Waals surface area contributed by atoms with Crippen LogP contribution in [0.25, 0.3) is 0 Å². The van der Waals surface area contributed by atoms with Gasteiger partial charge in [-0.1, -0.05) is 26.7 Å². The van der Waals surface area contributed by atoms with E-state index in [1.807, 2.05) is 13.8 Å². The molecule has 0 spiro atoms. The third kappa shape index (κ3) is 7.20. The lowest BCUT2D eigenvalue weighted by molar-refractivity contribution is -0.230. The molecule has 0 aliphatic heterocycles. The summed E-state index contributed by atoms with van der Waals surface area (Å²) in [4.78, 5) is 11.2. The molecule has 0 saturated carbocycles. The molecule has 0 radical (unpaired) electrons. The smallest absolute Gasteiger partial charge is 0.425 e. The lowest BCUT2D eigenvalue weighted by atomic mass is 10.3. The molecule has 0 bridgehead atoms. The first-order chi connectivity index (χ1) is 7.93. The Morgan fingerprint density at radius 3 is 2.12 bits per heavy atom. The fraction of sp³-hybridized carbons (Fsp3) is 0.909. The van der Waals surface area contributed by atoms with E-state index in [9.17, 15) is 18.0 Å². The van der Waals surface area contributed by atoms with E-state index in [1.54, 1.807) is 0 Å². The van der Waals surface area contributed by atoms with E-state index in [0.717, 1.165) is 6.42 Å². The lowest BCUT2D eigenvalue weighted by Gasteiger charge is -2.19. The molecule has 0 saturated heterocycles. The highest BCUT2D eigenvalue weighted by Crippen LogP contribution is 2.24. The molecular formula is C11H19F3O3. The minimum Gasteiger partial charge on any atom is -0.464 e. The standard InChI is InChI=1S/C11H19F3O3/c1-3-5-7-16-9(11(12,13)14)10(15)17-8-6-4-2/h9H,3-8H2,1-2H3. The van der Waals surface area contributed by atoms with Gasteiger partial charge in [0.05, 0.1) is 6.61 Å². The van der Waals surface area contributed by atoms with E-state index < -0.39 is 18.2 Å². The maximum Gasteiger partial charge on any atom is 0.425 e. The summed E-state index contributed by atoms with van der Waals surface area (Å²) in [5.41, 5.74) is 0. The molecule has 17 heavy (non-hydrogen) atoms. The molecule has 0 heterocycles. The number of halogens is 3. The SMILES string of the molecule is CCCCOC(=O)C(OCCCC)C(F)(F)F. The highest BCUT2D eigenvalue weighted by Gasteiger charge is 2.47. The average molecular weight is 256 g/mol. The Morgan fingerprint density at radius 2 is 1.65 bits per heavy atom. The lowest BCUT2D eigenvalue weighted by Crippen LogP contribution is -2.40. The second-order valence-corrected chi connectivity index (χ2v) is 3.67. The molecule has 0 aromatic carbocycles. The van der Waals surface area contributed by atoms with E-state index in [2.05, 4.69) is 9.47 Å². The van der Waals surface area contributed by atoms with Gasteiger partial charge in [-0.25, -0.2) is 4.79 Å². The highest BCUT2D eigenvalue weighted by atomic mass is 19.4. The molecule has 0 fully saturated rings. The van der Waals surface area contributed by atoms with Gasteiger partial charge in [0.25, 0.3) is 6.10 Å². The first kappa shape index (κ1) is 16.2. The van der Waals surface area contributed by atoms with Gasteiger partial charge < -0.3 is 9.47 Å². The van der Waals surface area contributed by atoms with Gasteiger partial charge in [-0.15, -0.1) is 0 Å². The molecule has 0 rings (SSSR count). The predicted molar refractivity (Wildman–Crippen MR) is 56.6 cm³/mol. The summed E-state index contributed by atoms with van der Waals surface area (Å²) in [5, 5.41) is 0. The van der Waals surface area contributed by atoms with Crippen LogP contribution in [-0.4, -0.2) is 31.5 Å². The Balaban J connectivity index is 4.21. The fourth-order valence-corrected chi connectivity index (χ4v) is 1.03. The quantitative estimate of drug-likeness (QED) is 0.494. The molecule has 0 aliphatic rings. The van der Waals surface area contributed by atoms with Crippen LogP contribution in [0.2, 0.25) is 0 Å². The molecule has 3 nitrogen and oxygen atoms in total. The Hall–Kier alpha value is -0.780. The number of esters is 1. The second kappa shape index (κ2) is 8.33. The number of rotatable bonds is 8. The topological polar surface area (TPSA) is 35.5 Å². The zero-order valence-electron chi connectivity index (χ0n) is 10.2. The average Bonchev–Trinajstić information content (AvgIpc) is 2.23. The summed E-state index contributed by atoms with van der Waals surface area (Å²) in [6.07, 6.45) is -4.68. The molecular weight excluding hydrogens is 237 g/mol. The van der Waals surface area contributed by atoms with Crippen LogP contribution in [0.15, 0.2) is 0 Å². The zero-order chi connectivity index (χ0) is 13.3. The second-order valence-electron chi connectivity index (χ2n) is 3.67. The van der Waals surface area contributed by atoms with Crippen molar-refractivity contribution in [2.24, 2.45) is 0 Å². The molecule has 1 atom stereocenters. The fourth-order valence-electron chi connectivity index (χ4n) is 1.03. The van der Waals surface area contributed by atoms with Gasteiger partial charge in [0, 0.05) is 6.61 Å². The minimum absolute atomic E-state index is 0.000941. The summed E-state index contributed by atoms with van der Waals surface area (Å²) in [6, 6.07) is 0. The van der Waals surface area contributed by atoms with Gasteiger partial charge in [0.2, 0.25) is 0 Å². The number of ether oxygens (including phenoxy) is 2. The van der Waals surface area contributed by atoms with E-state index in [1.165, 1.54) is 0 Å². The van der Waals surface area contributed by atoms with Crippen LogP contribution in [0.1, 0.15) is 39.5 Å². The van der Waals surface area contributed by atoms with Gasteiger partial charge in [-0.2, -0.15) is 13.2 Å². The van der Waals surface area contributed by atoms with Crippen molar-refractivity contribution in [3.8, 4) is 0 Å². The number of unbranched alkanes of at least 4 members (excludes halogenated alkanes) is 2. The monoisotopic (exact) mass is 256 g/mol. The molecule has 6 heteroatoms. The van der Waals surface area contributed by atoms with Crippen molar-refractivity contribution >= 4 is 5.97 Å². The van der Waals surface area contributed by atoms with Gasteiger partial charge in [-0.05, 0) is 12.8 Å². The Bertz CT molecular complexity index is 216. The first-order valence-electron chi connectivity index (χ1n) is 5.78. The molecule has 0 aromatic rings. The van der Waals surface area contributed by atoms with Crippen molar-refractivity contribution in [3.63, 3.8) is 0 Å². The summed E-state index contributed by atoms with van der Waals surface area (Å²) in [7, 11) is 0. The Labute approximate surface area is 99.3 Å². The molecule has 0 aromatic heterocycles. The first-order valence-corrected chi connectivity index (χ1v) is 5.78. The molecule has 0 amide bonds. The Kier molecular flexibility index (Phi) is 7.95. The predicted octanol–water partition coefficient (Wildman–Crippen LogP) is 3.08. The van der Waals surface area contributed by atoms with Crippen LogP contribution in [0, 0.1) is 0 Å². The summed E-state index contributed by atoms with van der Waals surface area (Å²) in [6.45, 7) is 3.58. The van der Waals surface area contributed by atoms with Crippen molar-refractivity contribution in [2.75, 3.05) is 13.2 Å². The summed E-state index contributed by atoms with van der Waals surface area (Å²) < 4.78 is 46.5. The van der Waals surface area contributed by atoms with Crippen LogP contribution < -0.4 is 0 Å². The van der Waals surface area contributed by atoms with Gasteiger partial charge in [0.1, 0.15) is 0 Å². The van der Waals surface area contributed by atoms with Crippen molar-refractivity contribution in [1.29, 1.82) is 0 Å². The van der Waals surface area contributed by atoms with Crippen LogP contribution in [0.4, 0.5) is 13.2 Å². The third-order valence-corrected chi connectivity index (χ3v) is 2.04. The molecule has 0 aliphatic carbocycles. The van der Waals surface area contributed by atoms with Crippen molar-refractivity contribution < 1.29 is 27.4 Å². The number of alkyl halides is 3. The number of hydrogen-bond donors (Lipinski definition) is 0. The van der Waals surface area contributed by atoms with Crippen LogP contribution in [-0.2, 0) is 14.3 Å². The third-order valence-electron chi connectivity index (χ3n) is 2.04. The minimum atomic E-state index is -4.71. The number of carbonyl (C=O) groups is 1. The van der Waals surface area contributed by atoms with Crippen LogP contribution in [0.5, 0.6) is 0 Å². The Morgan fingerprint density at radius 1 is 1.12 bits per heavy atom. The summed E-state index contributed by atoms with van der Waals surface area (Å²) in [5.74, 6) is -1.35. The molecule has 1 unspecified atom stereocenters. The highest BCUT2D eigenvalue weighted by molar-refractivity contribution is 5.75. The van der Waals surface area contributed by atoms with Crippen LogP contribution >= 0.6 is 0 Å². The summed E-state index contributed by atoms with van der Waals surface area (Å²) >= 11 is 0. The largest absolute Gasteiger partial charge is 0.464 e. The maximum absolute atomic E-state index is 12.5. The van der Waals surface area contributed by atoms with Crippen molar-refractivity contribution in [3.05, 3.63) is 0 Å². The van der Waals surface area contributed by atoms with Gasteiger partial charge in [-0.3, -0.25) is 0 Å². The van der Waals surface area contributed by atoms with Crippen molar-refractivity contribution in [1.82, 2.24) is 0 Å². The van der Waals surface area contributed by atoms with Gasteiger partial charge in [0.15, 0.2) is 0 Å². The number of carbonyl (C=O) groups excluding carboxylic acids is 1. The molecule has 102 valence electrons. The van der Waals surface area contributed by atoms with Crippen molar-refractivity contribution in [2.45, 2.75) is 51.8 Å². The van der Waals surface area contributed by atoms with E-state index in [-0.39, 0.29) is 13.2 Å². The van der Waals surface area contributed by atoms with Gasteiger partial charge >= 0.3 is 12.1 Å². The number of hydrogen-bond acceptors (Lipinski definition) is 3. The maximum atomic E-state index is 12.5.